The van der Waals surface area contributed by atoms with E-state index < -0.39 is 0 Å². The lowest BCUT2D eigenvalue weighted by molar-refractivity contribution is 0.410. The molecule has 0 aliphatic rings. The van der Waals surface area contributed by atoms with Gasteiger partial charge in [-0.3, -0.25) is 4.79 Å². The van der Waals surface area contributed by atoms with Crippen LogP contribution < -0.4 is 5.56 Å². The van der Waals surface area contributed by atoms with Crippen molar-refractivity contribution in [2.24, 2.45) is 0 Å². The number of thioether (sulfide) groups is 1. The van der Waals surface area contributed by atoms with Crippen molar-refractivity contribution in [3.63, 3.8) is 0 Å². The first-order valence-electron chi connectivity index (χ1n) is 6.59. The van der Waals surface area contributed by atoms with Gasteiger partial charge in [0.1, 0.15) is 0 Å². The Kier molecular flexibility index (Phi) is 5.38. The fraction of sp³-hybridized carbons (Fsp3) is 0.333. The Hall–Kier alpha value is -1.59. The minimum absolute atomic E-state index is 0.103. The Labute approximate surface area is 123 Å². The molecule has 0 amide bonds. The maximum atomic E-state index is 11.7. The van der Waals surface area contributed by atoms with Crippen molar-refractivity contribution in [3.8, 4) is 11.3 Å². The smallest absolute Gasteiger partial charge is 0.252 e. The minimum Gasteiger partial charge on any atom is -0.309 e. The molecule has 0 unspecified atom stereocenters. The highest BCUT2D eigenvalue weighted by atomic mass is 32.2. The second kappa shape index (κ2) is 7.26. The van der Waals surface area contributed by atoms with Crippen molar-refractivity contribution < 1.29 is 0 Å². The van der Waals surface area contributed by atoms with E-state index >= 15 is 0 Å². The van der Waals surface area contributed by atoms with E-state index in [0.29, 0.717) is 5.16 Å². The average Bonchev–Trinajstić information content (AvgIpc) is 2.44. The van der Waals surface area contributed by atoms with E-state index in [2.05, 4.69) is 29.0 Å². The van der Waals surface area contributed by atoms with Gasteiger partial charge < -0.3 is 9.88 Å². The number of benzene rings is 1. The van der Waals surface area contributed by atoms with Crippen molar-refractivity contribution in [1.82, 2.24) is 14.9 Å². The van der Waals surface area contributed by atoms with Crippen molar-refractivity contribution >= 4 is 11.8 Å². The van der Waals surface area contributed by atoms with E-state index in [1.54, 1.807) is 17.8 Å². The highest BCUT2D eigenvalue weighted by molar-refractivity contribution is 7.99. The summed E-state index contributed by atoms with van der Waals surface area (Å²) in [6.45, 7) is 1.04. The van der Waals surface area contributed by atoms with Crippen LogP contribution in [0, 0.1) is 0 Å². The van der Waals surface area contributed by atoms with E-state index in [-0.39, 0.29) is 5.56 Å². The third-order valence-corrected chi connectivity index (χ3v) is 3.74. The summed E-state index contributed by atoms with van der Waals surface area (Å²) < 4.78 is 0. The van der Waals surface area contributed by atoms with Crippen LogP contribution in [0.25, 0.3) is 11.3 Å². The molecule has 0 saturated heterocycles. The van der Waals surface area contributed by atoms with Gasteiger partial charge in [0.15, 0.2) is 5.16 Å². The summed E-state index contributed by atoms with van der Waals surface area (Å²) in [4.78, 5) is 21.2. The number of aromatic amines is 1. The van der Waals surface area contributed by atoms with E-state index in [9.17, 15) is 4.79 Å². The predicted molar refractivity (Wildman–Crippen MR) is 84.2 cm³/mol. The SMILES string of the molecule is CN(C)CCCSc1nc(-c2ccccc2)cc(=O)[nH]1. The molecule has 1 aromatic carbocycles. The zero-order valence-corrected chi connectivity index (χ0v) is 12.6. The highest BCUT2D eigenvalue weighted by Crippen LogP contribution is 2.18. The molecule has 0 atom stereocenters. The van der Waals surface area contributed by atoms with Crippen LogP contribution in [0.4, 0.5) is 0 Å². The molecular weight excluding hydrogens is 270 g/mol. The topological polar surface area (TPSA) is 49.0 Å². The molecule has 2 rings (SSSR count). The molecule has 1 heterocycles. The summed E-state index contributed by atoms with van der Waals surface area (Å²) in [5.41, 5.74) is 1.59. The van der Waals surface area contributed by atoms with Crippen molar-refractivity contribution in [3.05, 3.63) is 46.8 Å². The minimum atomic E-state index is -0.103. The Bertz CT molecular complexity index is 596. The van der Waals surface area contributed by atoms with E-state index in [0.717, 1.165) is 30.0 Å². The maximum absolute atomic E-state index is 11.7. The molecule has 0 aliphatic carbocycles. The van der Waals surface area contributed by atoms with Crippen LogP contribution in [0.1, 0.15) is 6.42 Å². The quantitative estimate of drug-likeness (QED) is 0.504. The summed E-state index contributed by atoms with van der Waals surface area (Å²) in [5.74, 6) is 0.944. The summed E-state index contributed by atoms with van der Waals surface area (Å²) in [6.07, 6.45) is 1.07. The first-order valence-corrected chi connectivity index (χ1v) is 7.58. The van der Waals surface area contributed by atoms with Crippen LogP contribution in [-0.2, 0) is 0 Å². The molecule has 1 aromatic heterocycles. The van der Waals surface area contributed by atoms with Crippen LogP contribution >= 0.6 is 11.8 Å². The summed E-state index contributed by atoms with van der Waals surface area (Å²) >= 11 is 1.59. The Balaban J connectivity index is 2.07. The number of nitrogens with zero attached hydrogens (tertiary/aromatic N) is 2. The molecule has 106 valence electrons. The van der Waals surface area contributed by atoms with E-state index in [1.807, 2.05) is 30.3 Å². The van der Waals surface area contributed by atoms with Crippen molar-refractivity contribution in [2.75, 3.05) is 26.4 Å². The van der Waals surface area contributed by atoms with Gasteiger partial charge in [-0.25, -0.2) is 4.98 Å². The number of hydrogen-bond donors (Lipinski definition) is 1. The molecule has 20 heavy (non-hydrogen) atoms. The molecule has 5 heteroatoms. The first-order chi connectivity index (χ1) is 9.65. The van der Waals surface area contributed by atoms with Gasteiger partial charge >= 0.3 is 0 Å². The molecule has 0 aliphatic heterocycles. The fourth-order valence-corrected chi connectivity index (χ4v) is 2.61. The Morgan fingerprint density at radius 3 is 2.70 bits per heavy atom. The lowest BCUT2D eigenvalue weighted by Crippen LogP contribution is -2.13. The third kappa shape index (κ3) is 4.51. The van der Waals surface area contributed by atoms with Gasteiger partial charge in [0, 0.05) is 17.4 Å². The Morgan fingerprint density at radius 1 is 1.25 bits per heavy atom. The van der Waals surface area contributed by atoms with Gasteiger partial charge in [-0.2, -0.15) is 0 Å². The number of nitrogens with one attached hydrogen (secondary N) is 1. The highest BCUT2D eigenvalue weighted by Gasteiger charge is 2.04. The number of H-pyrrole nitrogens is 1. The van der Waals surface area contributed by atoms with Crippen LogP contribution in [0.15, 0.2) is 46.3 Å². The first kappa shape index (κ1) is 14.8. The molecule has 0 bridgehead atoms. The molecule has 0 saturated carbocycles. The average molecular weight is 289 g/mol. The van der Waals surface area contributed by atoms with Gasteiger partial charge in [0.05, 0.1) is 5.69 Å². The lowest BCUT2D eigenvalue weighted by atomic mass is 10.1. The van der Waals surface area contributed by atoms with Gasteiger partial charge in [0.25, 0.3) is 5.56 Å². The number of hydrogen-bond acceptors (Lipinski definition) is 4. The van der Waals surface area contributed by atoms with Crippen LogP contribution in [-0.4, -0.2) is 41.3 Å². The predicted octanol–water partition coefficient (Wildman–Crippen LogP) is 2.48. The van der Waals surface area contributed by atoms with Gasteiger partial charge in [-0.05, 0) is 27.1 Å². The van der Waals surface area contributed by atoms with Crippen molar-refractivity contribution in [1.29, 1.82) is 0 Å². The largest absolute Gasteiger partial charge is 0.309 e. The lowest BCUT2D eigenvalue weighted by Gasteiger charge is -2.08. The fourth-order valence-electron chi connectivity index (χ4n) is 1.81. The van der Waals surface area contributed by atoms with Gasteiger partial charge in [0.2, 0.25) is 0 Å². The summed E-state index contributed by atoms with van der Waals surface area (Å²) in [6, 6.07) is 11.3. The monoisotopic (exact) mass is 289 g/mol. The van der Waals surface area contributed by atoms with Gasteiger partial charge in [-0.15, -0.1) is 0 Å². The molecule has 1 N–H and O–H groups in total. The molecule has 0 fully saturated rings. The van der Waals surface area contributed by atoms with Crippen LogP contribution in [0.3, 0.4) is 0 Å². The van der Waals surface area contributed by atoms with Gasteiger partial charge in [-0.1, -0.05) is 42.1 Å². The van der Waals surface area contributed by atoms with E-state index in [4.69, 9.17) is 0 Å². The second-order valence-corrected chi connectivity index (χ2v) is 5.89. The molecule has 2 aromatic rings. The summed E-state index contributed by atoms with van der Waals surface area (Å²) in [5, 5.41) is 0.690. The molecule has 0 radical (unpaired) electrons. The molecular formula is C15H19N3OS. The molecule has 4 nitrogen and oxygen atoms in total. The van der Waals surface area contributed by atoms with Crippen LogP contribution in [0.5, 0.6) is 0 Å². The third-order valence-electron chi connectivity index (χ3n) is 2.78. The number of rotatable bonds is 6. The number of aromatic nitrogens is 2. The second-order valence-electron chi connectivity index (χ2n) is 4.81. The molecule has 0 spiro atoms. The standard InChI is InChI=1S/C15H19N3OS/c1-18(2)9-6-10-20-15-16-13(11-14(19)17-15)12-7-4-3-5-8-12/h3-5,7-8,11H,6,9-10H2,1-2H3,(H,16,17,19). The Morgan fingerprint density at radius 2 is 2.00 bits per heavy atom. The van der Waals surface area contributed by atoms with Crippen molar-refractivity contribution in [2.45, 2.75) is 11.6 Å². The van der Waals surface area contributed by atoms with E-state index in [1.165, 1.54) is 0 Å². The van der Waals surface area contributed by atoms with Crippen LogP contribution in [0.2, 0.25) is 0 Å². The normalized spacial score (nSPS) is 10.9. The zero-order valence-electron chi connectivity index (χ0n) is 11.8. The summed E-state index contributed by atoms with van der Waals surface area (Å²) in [7, 11) is 4.11. The zero-order chi connectivity index (χ0) is 14.4. The maximum Gasteiger partial charge on any atom is 0.252 e.